The van der Waals surface area contributed by atoms with Crippen LogP contribution < -0.4 is 14.2 Å². The van der Waals surface area contributed by atoms with Crippen molar-refractivity contribution < 1.29 is 28.6 Å². The average Bonchev–Trinajstić information content (AvgIpc) is 2.95. The minimum absolute atomic E-state index is 0.197. The Hall–Kier alpha value is -2.22. The second-order valence-electron chi connectivity index (χ2n) is 4.17. The first-order chi connectivity index (χ1) is 10.1. The summed E-state index contributed by atoms with van der Waals surface area (Å²) < 4.78 is 22.2. The van der Waals surface area contributed by atoms with Crippen molar-refractivity contribution in [3.05, 3.63) is 22.3 Å². The van der Waals surface area contributed by atoms with Gasteiger partial charge >= 0.3 is 5.97 Å². The van der Waals surface area contributed by atoms with E-state index >= 15 is 0 Å². The van der Waals surface area contributed by atoms with Gasteiger partial charge < -0.3 is 23.8 Å². The molecule has 0 amide bonds. The number of carboxylic acid groups (broad SMARTS) is 1. The Morgan fingerprint density at radius 2 is 2.14 bits per heavy atom. The predicted molar refractivity (Wildman–Crippen MR) is 74.1 cm³/mol. The number of benzene rings is 1. The van der Waals surface area contributed by atoms with Crippen molar-refractivity contribution in [3.63, 3.8) is 0 Å². The quantitative estimate of drug-likeness (QED) is 0.904. The van der Waals surface area contributed by atoms with E-state index in [-0.39, 0.29) is 11.5 Å². The predicted octanol–water partition coefficient (Wildman–Crippen LogP) is 2.58. The Balaban J connectivity index is 2.23. The topological polar surface area (TPSA) is 91.0 Å². The number of fused-ring (bicyclic) bond motifs is 1. The number of hydrogen-bond donors (Lipinski definition) is 1. The van der Waals surface area contributed by atoms with Crippen molar-refractivity contribution in [2.45, 2.75) is 0 Å². The number of aromatic nitrogens is 1. The van der Waals surface area contributed by atoms with E-state index in [4.69, 9.17) is 23.8 Å². The van der Waals surface area contributed by atoms with Crippen LogP contribution >= 0.6 is 15.9 Å². The lowest BCUT2D eigenvalue weighted by atomic mass is 10.1. The van der Waals surface area contributed by atoms with Crippen molar-refractivity contribution in [1.29, 1.82) is 0 Å². The fourth-order valence-electron chi connectivity index (χ4n) is 2.05. The minimum atomic E-state index is -1.18. The zero-order chi connectivity index (χ0) is 15.0. The SMILES string of the molecule is COc1c(Br)cc2c(c1-c1cc(C(=O)O)no1)OCCO2. The molecule has 7 nitrogen and oxygen atoms in total. The van der Waals surface area contributed by atoms with Gasteiger partial charge in [0.2, 0.25) is 0 Å². The van der Waals surface area contributed by atoms with Gasteiger partial charge in [-0.2, -0.15) is 0 Å². The smallest absolute Gasteiger partial charge is 0.358 e. The van der Waals surface area contributed by atoms with Crippen molar-refractivity contribution in [3.8, 4) is 28.6 Å². The van der Waals surface area contributed by atoms with Crippen molar-refractivity contribution in [1.82, 2.24) is 5.16 Å². The molecule has 8 heteroatoms. The lowest BCUT2D eigenvalue weighted by molar-refractivity contribution is 0.0686. The van der Waals surface area contributed by atoms with Gasteiger partial charge in [0.25, 0.3) is 0 Å². The van der Waals surface area contributed by atoms with Crippen LogP contribution in [0.1, 0.15) is 10.5 Å². The molecule has 3 rings (SSSR count). The summed E-state index contributed by atoms with van der Waals surface area (Å²) in [5.41, 5.74) is 0.263. The molecule has 21 heavy (non-hydrogen) atoms. The van der Waals surface area contributed by atoms with Crippen LogP contribution in [0.15, 0.2) is 21.1 Å². The molecular formula is C13H10BrNO6. The number of rotatable bonds is 3. The number of ether oxygens (including phenoxy) is 3. The van der Waals surface area contributed by atoms with Crippen LogP contribution in [-0.4, -0.2) is 36.6 Å². The number of halogens is 1. The fraction of sp³-hybridized carbons (Fsp3) is 0.231. The Labute approximate surface area is 127 Å². The first-order valence-electron chi connectivity index (χ1n) is 5.98. The Kier molecular flexibility index (Phi) is 3.46. The zero-order valence-electron chi connectivity index (χ0n) is 10.9. The molecule has 110 valence electrons. The minimum Gasteiger partial charge on any atom is -0.495 e. The summed E-state index contributed by atoms with van der Waals surface area (Å²) in [7, 11) is 1.49. The summed E-state index contributed by atoms with van der Waals surface area (Å²) in [5.74, 6) is 0.469. The van der Waals surface area contributed by atoms with Gasteiger partial charge in [-0.25, -0.2) is 4.79 Å². The molecule has 0 bridgehead atoms. The van der Waals surface area contributed by atoms with Crippen molar-refractivity contribution in [2.75, 3.05) is 20.3 Å². The van der Waals surface area contributed by atoms with E-state index in [2.05, 4.69) is 21.1 Å². The van der Waals surface area contributed by atoms with Crippen LogP contribution in [0, 0.1) is 0 Å². The largest absolute Gasteiger partial charge is 0.495 e. The summed E-state index contributed by atoms with van der Waals surface area (Å²) in [6, 6.07) is 3.04. The van der Waals surface area contributed by atoms with Gasteiger partial charge in [-0.3, -0.25) is 0 Å². The summed E-state index contributed by atoms with van der Waals surface area (Å²) in [6.07, 6.45) is 0. The number of nitrogens with zero attached hydrogens (tertiary/aromatic N) is 1. The highest BCUT2D eigenvalue weighted by Crippen LogP contribution is 2.49. The lowest BCUT2D eigenvalue weighted by Gasteiger charge is -2.22. The zero-order valence-corrected chi connectivity index (χ0v) is 12.5. The molecule has 2 heterocycles. The molecule has 0 saturated heterocycles. The van der Waals surface area contributed by atoms with Crippen LogP contribution in [0.4, 0.5) is 0 Å². The van der Waals surface area contributed by atoms with Crippen LogP contribution in [-0.2, 0) is 0 Å². The maximum absolute atomic E-state index is 10.9. The third-order valence-corrected chi connectivity index (χ3v) is 3.51. The van der Waals surface area contributed by atoms with Crippen molar-refractivity contribution in [2.24, 2.45) is 0 Å². The molecule has 0 unspecified atom stereocenters. The second-order valence-corrected chi connectivity index (χ2v) is 5.03. The van der Waals surface area contributed by atoms with E-state index in [1.165, 1.54) is 13.2 Å². The van der Waals surface area contributed by atoms with Crippen LogP contribution in [0.3, 0.4) is 0 Å². The van der Waals surface area contributed by atoms with Gasteiger partial charge in [0.15, 0.2) is 23.0 Å². The van der Waals surface area contributed by atoms with Gasteiger partial charge in [0.1, 0.15) is 24.5 Å². The van der Waals surface area contributed by atoms with Crippen LogP contribution in [0.2, 0.25) is 0 Å². The van der Waals surface area contributed by atoms with Gasteiger partial charge in [-0.1, -0.05) is 5.16 Å². The van der Waals surface area contributed by atoms with E-state index in [9.17, 15) is 4.79 Å². The van der Waals surface area contributed by atoms with E-state index < -0.39 is 5.97 Å². The van der Waals surface area contributed by atoms with Gasteiger partial charge in [0, 0.05) is 12.1 Å². The first-order valence-corrected chi connectivity index (χ1v) is 6.77. The fourth-order valence-corrected chi connectivity index (χ4v) is 2.62. The molecule has 0 radical (unpaired) electrons. The molecule has 1 aromatic carbocycles. The van der Waals surface area contributed by atoms with Gasteiger partial charge in [-0.15, -0.1) is 0 Å². The highest BCUT2D eigenvalue weighted by atomic mass is 79.9. The van der Waals surface area contributed by atoms with E-state index in [0.29, 0.717) is 40.5 Å². The summed E-state index contributed by atoms with van der Waals surface area (Å²) in [5, 5.41) is 12.4. The normalized spacial score (nSPS) is 13.0. The summed E-state index contributed by atoms with van der Waals surface area (Å²) >= 11 is 3.38. The highest BCUT2D eigenvalue weighted by Gasteiger charge is 2.27. The molecule has 1 aliphatic rings. The Bertz CT molecular complexity index is 711. The van der Waals surface area contributed by atoms with E-state index in [0.717, 1.165) is 0 Å². The molecule has 0 atom stereocenters. The molecule has 0 aliphatic carbocycles. The molecule has 1 aromatic heterocycles. The van der Waals surface area contributed by atoms with E-state index in [1.807, 2.05) is 0 Å². The number of carboxylic acids is 1. The number of carbonyl (C=O) groups is 1. The van der Waals surface area contributed by atoms with Gasteiger partial charge in [0.05, 0.1) is 11.6 Å². The molecular weight excluding hydrogens is 346 g/mol. The van der Waals surface area contributed by atoms with Crippen LogP contribution in [0.5, 0.6) is 17.2 Å². The highest BCUT2D eigenvalue weighted by molar-refractivity contribution is 9.10. The second kappa shape index (κ2) is 5.28. The maximum atomic E-state index is 10.9. The lowest BCUT2D eigenvalue weighted by Crippen LogP contribution is -2.16. The summed E-state index contributed by atoms with van der Waals surface area (Å²) in [4.78, 5) is 10.9. The molecule has 1 aliphatic heterocycles. The Morgan fingerprint density at radius 3 is 2.81 bits per heavy atom. The van der Waals surface area contributed by atoms with Crippen molar-refractivity contribution >= 4 is 21.9 Å². The third kappa shape index (κ3) is 2.31. The molecule has 1 N–H and O–H groups in total. The molecule has 0 saturated carbocycles. The van der Waals surface area contributed by atoms with Gasteiger partial charge in [-0.05, 0) is 15.9 Å². The maximum Gasteiger partial charge on any atom is 0.358 e. The standard InChI is InChI=1S/C13H10BrNO6/c1-18-11-6(14)4-9-12(20-3-2-19-9)10(11)8-5-7(13(16)17)15-21-8/h4-5H,2-3H2,1H3,(H,16,17). The molecule has 2 aromatic rings. The summed E-state index contributed by atoms with van der Waals surface area (Å²) in [6.45, 7) is 0.812. The number of aromatic carboxylic acids is 1. The number of hydrogen-bond acceptors (Lipinski definition) is 6. The Morgan fingerprint density at radius 1 is 1.38 bits per heavy atom. The third-order valence-electron chi connectivity index (χ3n) is 2.92. The first kappa shape index (κ1) is 13.7. The molecule has 0 fully saturated rings. The number of methoxy groups -OCH3 is 1. The molecule has 0 spiro atoms. The monoisotopic (exact) mass is 355 g/mol. The van der Waals surface area contributed by atoms with E-state index in [1.54, 1.807) is 6.07 Å². The average molecular weight is 356 g/mol. The van der Waals surface area contributed by atoms with Crippen LogP contribution in [0.25, 0.3) is 11.3 Å².